The number of rotatable bonds is 3. The molecule has 0 saturated carbocycles. The van der Waals surface area contributed by atoms with Gasteiger partial charge >= 0.3 is 0 Å². The summed E-state index contributed by atoms with van der Waals surface area (Å²) in [6.45, 7) is 4.21. The van der Waals surface area contributed by atoms with E-state index in [1.165, 1.54) is 0 Å². The minimum Gasteiger partial charge on any atom is -0.323 e. The largest absolute Gasteiger partial charge is 0.323 e. The van der Waals surface area contributed by atoms with E-state index in [4.69, 9.17) is 4.98 Å². The van der Waals surface area contributed by atoms with Crippen molar-refractivity contribution in [1.82, 2.24) is 18.7 Å². The molecule has 6 nitrogen and oxygen atoms in total. The molecule has 200 valence electrons. The number of aryl methyl sites for hydroxylation is 1. The van der Waals surface area contributed by atoms with Gasteiger partial charge in [0.15, 0.2) is 0 Å². The molecule has 0 fully saturated rings. The van der Waals surface area contributed by atoms with Crippen LogP contribution in [0.3, 0.4) is 0 Å². The predicted octanol–water partition coefficient (Wildman–Crippen LogP) is 7.18. The van der Waals surface area contributed by atoms with Crippen molar-refractivity contribution in [2.45, 2.75) is 13.8 Å². The second-order valence-corrected chi connectivity index (χ2v) is 10.7. The molecule has 0 spiro atoms. The van der Waals surface area contributed by atoms with E-state index in [9.17, 15) is 5.26 Å². The summed E-state index contributed by atoms with van der Waals surface area (Å²) in [4.78, 5) is 5.41. The van der Waals surface area contributed by atoms with Crippen molar-refractivity contribution >= 4 is 43.9 Å². The Balaban J connectivity index is 1.53. The van der Waals surface area contributed by atoms with Crippen molar-refractivity contribution in [2.24, 2.45) is 7.05 Å². The van der Waals surface area contributed by atoms with Crippen LogP contribution in [0.5, 0.6) is 0 Å². The van der Waals surface area contributed by atoms with Crippen LogP contribution in [0.25, 0.3) is 60.9 Å². The molecule has 4 aromatic carbocycles. The summed E-state index contributed by atoms with van der Waals surface area (Å²) in [5.74, 6) is 0. The monoisotopic (exact) mass is 542 g/mol. The molecular formula is C36H26N6. The number of nitriles is 1. The van der Waals surface area contributed by atoms with Gasteiger partial charge in [0, 0.05) is 44.3 Å². The first-order chi connectivity index (χ1) is 20.6. The molecule has 0 aliphatic carbocycles. The zero-order valence-corrected chi connectivity index (χ0v) is 23.5. The van der Waals surface area contributed by atoms with Crippen LogP contribution >= 0.6 is 0 Å². The Bertz CT molecular complexity index is 2400. The van der Waals surface area contributed by atoms with Crippen molar-refractivity contribution in [3.63, 3.8) is 0 Å². The number of nitrogens with zero attached hydrogens (tertiary/aromatic N) is 6. The van der Waals surface area contributed by atoms with E-state index in [0.717, 1.165) is 72.3 Å². The topological polar surface area (TPSA) is 55.4 Å². The molecule has 8 rings (SSSR count). The Hall–Kier alpha value is -5.67. The Morgan fingerprint density at radius 2 is 1.24 bits per heavy atom. The van der Waals surface area contributed by atoms with Gasteiger partial charge in [0.2, 0.25) is 6.33 Å². The molecule has 0 aliphatic rings. The minimum atomic E-state index is 0.643. The molecule has 0 saturated heterocycles. The predicted molar refractivity (Wildman–Crippen MR) is 166 cm³/mol. The summed E-state index contributed by atoms with van der Waals surface area (Å²) in [6, 6.07) is 37.8. The lowest BCUT2D eigenvalue weighted by Crippen LogP contribution is -2.29. The van der Waals surface area contributed by atoms with Gasteiger partial charge in [0.05, 0.1) is 29.3 Å². The van der Waals surface area contributed by atoms with Gasteiger partial charge in [-0.3, -0.25) is 9.13 Å². The highest BCUT2D eigenvalue weighted by atomic mass is 15.1. The molecule has 4 heterocycles. The fraction of sp³-hybridized carbons (Fsp3) is 0.0833. The van der Waals surface area contributed by atoms with E-state index >= 15 is 0 Å². The van der Waals surface area contributed by atoms with Crippen LogP contribution in [0, 0.1) is 31.5 Å². The summed E-state index contributed by atoms with van der Waals surface area (Å²) in [5, 5.41) is 14.5. The van der Waals surface area contributed by atoms with E-state index in [-0.39, 0.29) is 0 Å². The second-order valence-electron chi connectivity index (χ2n) is 10.7. The summed E-state index contributed by atoms with van der Waals surface area (Å²) in [5.41, 5.74) is 9.48. The summed E-state index contributed by atoms with van der Waals surface area (Å²) in [7, 11) is 2.01. The maximum atomic E-state index is 10.8. The summed E-state index contributed by atoms with van der Waals surface area (Å²) in [6.07, 6.45) is 3.42. The molecule has 42 heavy (non-hydrogen) atoms. The molecule has 0 amide bonds. The zero-order chi connectivity index (χ0) is 28.5. The SMILES string of the molecule is Cc1c(C)[n+](C)[c-]n1-c1cccc(-n2c3ccccc3c3c(C#N)c4c5ccccc5n(-c5ccccc5)c4nc32)c1. The van der Waals surface area contributed by atoms with Crippen LogP contribution in [-0.4, -0.2) is 18.7 Å². The van der Waals surface area contributed by atoms with Crippen LogP contribution in [0.15, 0.2) is 103 Å². The van der Waals surface area contributed by atoms with Crippen molar-refractivity contribution in [1.29, 1.82) is 5.26 Å². The average molecular weight is 543 g/mol. The van der Waals surface area contributed by atoms with Gasteiger partial charge < -0.3 is 9.13 Å². The molecule has 0 aliphatic heterocycles. The molecule has 8 aromatic rings. The lowest BCUT2D eigenvalue weighted by Gasteiger charge is -2.12. The zero-order valence-electron chi connectivity index (χ0n) is 23.5. The smallest absolute Gasteiger partial charge is 0.243 e. The number of fused-ring (bicyclic) bond motifs is 6. The third kappa shape index (κ3) is 3.25. The van der Waals surface area contributed by atoms with Gasteiger partial charge in [-0.25, -0.2) is 4.98 Å². The van der Waals surface area contributed by atoms with Crippen molar-refractivity contribution in [3.05, 3.63) is 126 Å². The Morgan fingerprint density at radius 3 is 1.83 bits per heavy atom. The molecule has 6 heteroatoms. The van der Waals surface area contributed by atoms with Crippen molar-refractivity contribution in [2.75, 3.05) is 0 Å². The normalized spacial score (nSPS) is 11.7. The van der Waals surface area contributed by atoms with Gasteiger partial charge in [0.25, 0.3) is 0 Å². The quantitative estimate of drug-likeness (QED) is 0.175. The number of hydrogen-bond donors (Lipinski definition) is 0. The van der Waals surface area contributed by atoms with E-state index in [0.29, 0.717) is 5.56 Å². The second kappa shape index (κ2) is 8.92. The molecule has 0 radical (unpaired) electrons. The summed E-state index contributed by atoms with van der Waals surface area (Å²) >= 11 is 0. The van der Waals surface area contributed by atoms with Gasteiger partial charge in [0.1, 0.15) is 17.4 Å². The van der Waals surface area contributed by atoms with Crippen molar-refractivity contribution < 1.29 is 4.57 Å². The van der Waals surface area contributed by atoms with Gasteiger partial charge in [-0.2, -0.15) is 5.26 Å². The van der Waals surface area contributed by atoms with Crippen LogP contribution in [0.2, 0.25) is 0 Å². The lowest BCUT2D eigenvalue weighted by molar-refractivity contribution is -0.681. The van der Waals surface area contributed by atoms with Crippen LogP contribution in [0.1, 0.15) is 17.0 Å². The first kappa shape index (κ1) is 24.2. The molecule has 0 unspecified atom stereocenters. The highest BCUT2D eigenvalue weighted by Crippen LogP contribution is 2.40. The Morgan fingerprint density at radius 1 is 0.690 bits per heavy atom. The average Bonchev–Trinajstić information content (AvgIpc) is 3.63. The number of aromatic nitrogens is 5. The van der Waals surface area contributed by atoms with E-state index in [2.05, 4.69) is 101 Å². The highest BCUT2D eigenvalue weighted by Gasteiger charge is 2.24. The first-order valence-electron chi connectivity index (χ1n) is 14.0. The standard InChI is InChI=1S/C36H26N6/c1-23-24(2)40(22-39(23)3)26-14-11-15-27(20-26)42-32-19-10-8-17-29(32)34-30(21-37)33-28-16-7-9-18-31(28)41(35(33)38-36(34)42)25-12-5-4-6-13-25/h4-20H,1-3H3. The molecular weight excluding hydrogens is 516 g/mol. The molecule has 0 N–H and O–H groups in total. The lowest BCUT2D eigenvalue weighted by atomic mass is 10.0. The van der Waals surface area contributed by atoms with Gasteiger partial charge in [-0.05, 0) is 50.2 Å². The van der Waals surface area contributed by atoms with E-state index in [1.807, 2.05) is 54.1 Å². The maximum absolute atomic E-state index is 10.8. The number of para-hydroxylation sites is 3. The highest BCUT2D eigenvalue weighted by molar-refractivity contribution is 6.20. The maximum Gasteiger partial charge on any atom is 0.243 e. The number of benzene rings is 4. The van der Waals surface area contributed by atoms with E-state index in [1.54, 1.807) is 0 Å². The summed E-state index contributed by atoms with van der Waals surface area (Å²) < 4.78 is 8.46. The van der Waals surface area contributed by atoms with Crippen molar-refractivity contribution in [3.8, 4) is 23.1 Å². The Labute approximate surface area is 242 Å². The van der Waals surface area contributed by atoms with E-state index < -0.39 is 0 Å². The number of hydrogen-bond acceptors (Lipinski definition) is 2. The van der Waals surface area contributed by atoms with Gasteiger partial charge in [-0.1, -0.05) is 66.7 Å². The third-order valence-electron chi connectivity index (χ3n) is 8.50. The number of imidazole rings is 1. The van der Waals surface area contributed by atoms with Crippen LogP contribution in [-0.2, 0) is 7.05 Å². The molecule has 0 atom stereocenters. The first-order valence-corrected chi connectivity index (χ1v) is 14.0. The Kier molecular flexibility index (Phi) is 5.13. The molecule has 4 aromatic heterocycles. The molecule has 0 bridgehead atoms. The third-order valence-corrected chi connectivity index (χ3v) is 8.50. The van der Waals surface area contributed by atoms with Crippen LogP contribution < -0.4 is 4.57 Å². The number of pyridine rings is 1. The fourth-order valence-electron chi connectivity index (χ4n) is 6.32. The van der Waals surface area contributed by atoms with Crippen LogP contribution in [0.4, 0.5) is 0 Å². The minimum absolute atomic E-state index is 0.643. The fourth-order valence-corrected chi connectivity index (χ4v) is 6.32. The van der Waals surface area contributed by atoms with Gasteiger partial charge in [-0.15, -0.1) is 0 Å².